The molecule has 7 heteroatoms. The Morgan fingerprint density at radius 1 is 1.08 bits per heavy atom. The zero-order valence-electron chi connectivity index (χ0n) is 13.0. The first-order valence-corrected chi connectivity index (χ1v) is 8.24. The fraction of sp³-hybridized carbons (Fsp3) is 0.353. The van der Waals surface area contributed by atoms with E-state index < -0.39 is 0 Å². The molecule has 0 spiro atoms. The first-order chi connectivity index (χ1) is 11.7. The average molecular weight is 350 g/mol. The fourth-order valence-electron chi connectivity index (χ4n) is 3.06. The third-order valence-corrected chi connectivity index (χ3v) is 4.51. The normalized spacial score (nSPS) is 17.3. The second-order valence-electron chi connectivity index (χ2n) is 5.91. The quantitative estimate of drug-likeness (QED) is 0.851. The van der Waals surface area contributed by atoms with Crippen LogP contribution in [0.3, 0.4) is 0 Å². The van der Waals surface area contributed by atoms with E-state index in [0.29, 0.717) is 10.8 Å². The Kier molecular flexibility index (Phi) is 4.16. The van der Waals surface area contributed by atoms with Gasteiger partial charge in [0.2, 0.25) is 6.79 Å². The lowest BCUT2D eigenvalue weighted by Gasteiger charge is -2.35. The Morgan fingerprint density at radius 2 is 1.88 bits per heavy atom. The molecule has 5 nitrogen and oxygen atoms in total. The van der Waals surface area contributed by atoms with Gasteiger partial charge in [0.1, 0.15) is 0 Å². The minimum absolute atomic E-state index is 0.289. The highest BCUT2D eigenvalue weighted by molar-refractivity contribution is 6.30. The van der Waals surface area contributed by atoms with Crippen molar-refractivity contribution in [3.63, 3.8) is 0 Å². The molecule has 1 fully saturated rings. The van der Waals surface area contributed by atoms with E-state index in [4.69, 9.17) is 21.1 Å². The molecule has 2 aliphatic heterocycles. The standard InChI is InChI=1S/C17H17ClFN3O2/c18-13-8-14(19)17(20-9-13)22-5-3-21(4-6-22)10-12-1-2-15-16(7-12)24-11-23-15/h1-2,7-9H,3-6,10-11H2. The topological polar surface area (TPSA) is 37.8 Å². The van der Waals surface area contributed by atoms with Gasteiger partial charge in [-0.05, 0) is 23.8 Å². The van der Waals surface area contributed by atoms with E-state index >= 15 is 0 Å². The van der Waals surface area contributed by atoms with Crippen molar-refractivity contribution in [1.29, 1.82) is 0 Å². The summed E-state index contributed by atoms with van der Waals surface area (Å²) < 4.78 is 24.7. The number of rotatable bonds is 3. The second-order valence-corrected chi connectivity index (χ2v) is 6.35. The molecule has 1 saturated heterocycles. The van der Waals surface area contributed by atoms with Gasteiger partial charge in [-0.25, -0.2) is 9.37 Å². The van der Waals surface area contributed by atoms with Gasteiger partial charge in [-0.1, -0.05) is 17.7 Å². The van der Waals surface area contributed by atoms with Crippen LogP contribution in [0.1, 0.15) is 5.56 Å². The maximum atomic E-state index is 14.0. The first-order valence-electron chi connectivity index (χ1n) is 7.86. The highest BCUT2D eigenvalue weighted by Crippen LogP contribution is 2.33. The zero-order valence-corrected chi connectivity index (χ0v) is 13.8. The molecule has 1 aromatic heterocycles. The number of pyridine rings is 1. The first kappa shape index (κ1) is 15.5. The predicted molar refractivity (Wildman–Crippen MR) is 89.3 cm³/mol. The maximum Gasteiger partial charge on any atom is 0.231 e. The number of benzene rings is 1. The van der Waals surface area contributed by atoms with Crippen molar-refractivity contribution in [1.82, 2.24) is 9.88 Å². The van der Waals surface area contributed by atoms with Gasteiger partial charge in [-0.15, -0.1) is 0 Å². The van der Waals surface area contributed by atoms with E-state index in [1.807, 2.05) is 17.0 Å². The summed E-state index contributed by atoms with van der Waals surface area (Å²) in [6, 6.07) is 7.33. The maximum absolute atomic E-state index is 14.0. The summed E-state index contributed by atoms with van der Waals surface area (Å²) in [5.74, 6) is 1.61. The number of aromatic nitrogens is 1. The largest absolute Gasteiger partial charge is 0.454 e. The average Bonchev–Trinajstić information content (AvgIpc) is 3.04. The second kappa shape index (κ2) is 6.45. The Bertz CT molecular complexity index is 751. The molecule has 1 aromatic carbocycles. The molecular formula is C17H17ClFN3O2. The summed E-state index contributed by atoms with van der Waals surface area (Å²) in [7, 11) is 0. The number of piperazine rings is 1. The van der Waals surface area contributed by atoms with Crippen LogP contribution in [0.5, 0.6) is 11.5 Å². The number of halogens is 2. The Labute approximate surface area is 144 Å². The Balaban J connectivity index is 1.37. The van der Waals surface area contributed by atoms with Gasteiger partial charge in [0.25, 0.3) is 0 Å². The molecule has 4 rings (SSSR count). The van der Waals surface area contributed by atoms with Crippen molar-refractivity contribution < 1.29 is 13.9 Å². The number of hydrogen-bond acceptors (Lipinski definition) is 5. The smallest absolute Gasteiger partial charge is 0.231 e. The van der Waals surface area contributed by atoms with Gasteiger partial charge in [0.05, 0.1) is 5.02 Å². The van der Waals surface area contributed by atoms with Crippen molar-refractivity contribution in [3.8, 4) is 11.5 Å². The van der Waals surface area contributed by atoms with E-state index in [1.54, 1.807) is 0 Å². The van der Waals surface area contributed by atoms with Crippen LogP contribution >= 0.6 is 11.6 Å². The van der Waals surface area contributed by atoms with Crippen LogP contribution in [0.25, 0.3) is 0 Å². The van der Waals surface area contributed by atoms with Crippen molar-refractivity contribution in [2.75, 3.05) is 37.9 Å². The lowest BCUT2D eigenvalue weighted by molar-refractivity contribution is 0.174. The summed E-state index contributed by atoms with van der Waals surface area (Å²) >= 11 is 5.76. The third kappa shape index (κ3) is 3.12. The van der Waals surface area contributed by atoms with Crippen LogP contribution in [-0.4, -0.2) is 42.9 Å². The molecule has 24 heavy (non-hydrogen) atoms. The van der Waals surface area contributed by atoms with E-state index in [1.165, 1.54) is 17.8 Å². The lowest BCUT2D eigenvalue weighted by atomic mass is 10.1. The van der Waals surface area contributed by atoms with Crippen molar-refractivity contribution in [2.24, 2.45) is 0 Å². The van der Waals surface area contributed by atoms with Crippen molar-refractivity contribution in [3.05, 3.63) is 46.9 Å². The number of hydrogen-bond donors (Lipinski definition) is 0. The fourth-order valence-corrected chi connectivity index (χ4v) is 3.20. The van der Waals surface area contributed by atoms with Crippen LogP contribution in [0.15, 0.2) is 30.5 Å². The molecule has 2 aromatic rings. The zero-order chi connectivity index (χ0) is 16.5. The van der Waals surface area contributed by atoms with Gasteiger partial charge in [0.15, 0.2) is 23.1 Å². The summed E-state index contributed by atoms with van der Waals surface area (Å²) in [6.07, 6.45) is 1.49. The number of ether oxygens (including phenoxy) is 2. The number of anilines is 1. The van der Waals surface area contributed by atoms with Gasteiger partial charge in [0, 0.05) is 38.9 Å². The van der Waals surface area contributed by atoms with E-state index in [2.05, 4.69) is 16.0 Å². The van der Waals surface area contributed by atoms with Crippen LogP contribution in [0.2, 0.25) is 5.02 Å². The van der Waals surface area contributed by atoms with Gasteiger partial charge in [-0.2, -0.15) is 0 Å². The monoisotopic (exact) mass is 349 g/mol. The molecule has 0 radical (unpaired) electrons. The van der Waals surface area contributed by atoms with Crippen LogP contribution in [-0.2, 0) is 6.54 Å². The molecule has 0 unspecified atom stereocenters. The van der Waals surface area contributed by atoms with Gasteiger partial charge >= 0.3 is 0 Å². The van der Waals surface area contributed by atoms with E-state index in [9.17, 15) is 4.39 Å². The summed E-state index contributed by atoms with van der Waals surface area (Å²) in [6.45, 7) is 4.28. The molecule has 0 atom stereocenters. The van der Waals surface area contributed by atoms with Crippen LogP contribution in [0.4, 0.5) is 10.2 Å². The SMILES string of the molecule is Fc1cc(Cl)cnc1N1CCN(Cc2ccc3c(c2)OCO3)CC1. The highest BCUT2D eigenvalue weighted by atomic mass is 35.5. The van der Waals surface area contributed by atoms with E-state index in [0.717, 1.165) is 44.2 Å². The molecule has 2 aliphatic rings. The molecule has 0 N–H and O–H groups in total. The molecular weight excluding hydrogens is 333 g/mol. The van der Waals surface area contributed by atoms with Gasteiger partial charge in [-0.3, -0.25) is 4.90 Å². The predicted octanol–water partition coefficient (Wildman–Crippen LogP) is 2.93. The van der Waals surface area contributed by atoms with Crippen molar-refractivity contribution in [2.45, 2.75) is 6.54 Å². The lowest BCUT2D eigenvalue weighted by Crippen LogP contribution is -2.46. The van der Waals surface area contributed by atoms with Crippen LogP contribution < -0.4 is 14.4 Å². The third-order valence-electron chi connectivity index (χ3n) is 4.30. The molecule has 126 valence electrons. The molecule has 0 bridgehead atoms. The molecule has 0 aliphatic carbocycles. The minimum atomic E-state index is -0.369. The summed E-state index contributed by atoms with van der Waals surface area (Å²) in [5.41, 5.74) is 1.18. The van der Waals surface area contributed by atoms with E-state index in [-0.39, 0.29) is 12.6 Å². The van der Waals surface area contributed by atoms with Crippen molar-refractivity contribution >= 4 is 17.4 Å². The van der Waals surface area contributed by atoms with Gasteiger partial charge < -0.3 is 14.4 Å². The highest BCUT2D eigenvalue weighted by Gasteiger charge is 2.21. The Hall–Kier alpha value is -2.05. The molecule has 0 amide bonds. The summed E-state index contributed by atoms with van der Waals surface area (Å²) in [4.78, 5) is 8.42. The Morgan fingerprint density at radius 3 is 2.67 bits per heavy atom. The number of fused-ring (bicyclic) bond motifs is 1. The molecule has 0 saturated carbocycles. The minimum Gasteiger partial charge on any atom is -0.454 e. The number of nitrogens with zero attached hydrogens (tertiary/aromatic N) is 3. The summed E-state index contributed by atoms with van der Waals surface area (Å²) in [5, 5.41) is 0.317. The molecule has 3 heterocycles. The van der Waals surface area contributed by atoms with Crippen LogP contribution in [0, 0.1) is 5.82 Å².